The van der Waals surface area contributed by atoms with Gasteiger partial charge in [-0.05, 0) is 109 Å². The van der Waals surface area contributed by atoms with Gasteiger partial charge >= 0.3 is 450 Å². The molecule has 0 amide bonds. The van der Waals surface area contributed by atoms with E-state index in [4.69, 9.17) is 0 Å². The van der Waals surface area contributed by atoms with Crippen LogP contribution < -0.4 is 79.0 Å². The minimum Gasteiger partial charge on any atom is -0.0620 e. The standard InChI is InChI=1S/3C18H15P.7C6H6Se.4Cu.In/c3*1-4-10-16(11-5-1)19(17-12-6-2-7-13-17)18-14-8-3-9-15-18;7*7-6-4-2-1-3-5-6;;;;;/h3*1-15H;7*1-5,7H;;;;;/q;;;;;;;;;;2*+1;2*+2;+1/p-4. The topological polar surface area (TPSA) is 0 Å². The van der Waals surface area contributed by atoms with Gasteiger partial charge < -0.3 is 0 Å². The first kappa shape index (κ1) is 102. The van der Waals surface area contributed by atoms with Crippen LogP contribution >= 0.6 is 23.8 Å². The Morgan fingerprint density at radius 3 is 0.234 bits per heavy atom. The minimum atomic E-state index is -0.877. The summed E-state index contributed by atoms with van der Waals surface area (Å²) >= 11 is 20.3. The molecule has 111 heavy (non-hydrogen) atoms. The molecule has 0 heterocycles. The number of benzene rings is 16. The first-order valence-corrected chi connectivity index (χ1v) is 44.7. The number of hydrogen-bond donors (Lipinski definition) is 0. The largest absolute Gasteiger partial charge is 0.102 e. The minimum absolute atomic E-state index is 0. The van der Waals surface area contributed by atoms with E-state index in [1.807, 2.05) is 212 Å². The van der Waals surface area contributed by atoms with Gasteiger partial charge in [-0.2, -0.15) is 0 Å². The average Bonchev–Trinajstić information content (AvgIpc) is 0.833. The molecule has 0 aliphatic carbocycles. The predicted molar refractivity (Wildman–Crippen MR) is 488 cm³/mol. The zero-order chi connectivity index (χ0) is 74.5. The summed E-state index contributed by atoms with van der Waals surface area (Å²) in [6.45, 7) is 0. The van der Waals surface area contributed by atoms with Gasteiger partial charge in [0.25, 0.3) is 0 Å². The first-order chi connectivity index (χ1) is 52.1. The third kappa shape index (κ3) is 44.3. The van der Waals surface area contributed by atoms with E-state index in [1.54, 1.807) is 0 Å². The summed E-state index contributed by atoms with van der Waals surface area (Å²) in [4.78, 5) is 0. The second-order valence-electron chi connectivity index (χ2n) is 22.6. The van der Waals surface area contributed by atoms with E-state index >= 15 is 0 Å². The summed E-state index contributed by atoms with van der Waals surface area (Å²) in [5.41, 5.74) is 0. The normalized spacial score (nSPS) is 9.22. The molecule has 0 spiro atoms. The second kappa shape index (κ2) is 65.5. The van der Waals surface area contributed by atoms with Crippen LogP contribution in [0.1, 0.15) is 0 Å². The molecule has 16 aromatic rings. The Hall–Kier alpha value is -4.61. The van der Waals surface area contributed by atoms with Crippen LogP contribution in [0.2, 0.25) is 0 Å². The smallest absolute Gasteiger partial charge is 0.0620 e. The first-order valence-electron chi connectivity index (χ1n) is 34.2. The predicted octanol–water partition coefficient (Wildman–Crippen LogP) is 12.5. The van der Waals surface area contributed by atoms with Crippen LogP contribution in [0.25, 0.3) is 0 Å². The molecule has 0 aliphatic rings. The van der Waals surface area contributed by atoms with Crippen molar-refractivity contribution in [2.24, 2.45) is 0 Å². The number of hydrogen-bond acceptors (Lipinski definition) is 0. The molecule has 0 atom stereocenters. The summed E-state index contributed by atoms with van der Waals surface area (Å²) in [5, 5.41) is 12.9. The maximum absolute atomic E-state index is 2.90. The monoisotopic (exact) mass is 2250 g/mol. The Kier molecular flexibility index (Phi) is 60.5. The fourth-order valence-electron chi connectivity index (χ4n) is 9.89. The van der Waals surface area contributed by atoms with E-state index < -0.39 is 23.8 Å². The van der Waals surface area contributed by atoms with Crippen LogP contribution in [0.15, 0.2) is 485 Å². The van der Waals surface area contributed by atoms with Crippen molar-refractivity contribution in [3.63, 3.8) is 0 Å². The molecule has 16 rings (SSSR count). The molecule has 4 radical (unpaired) electrons. The number of rotatable bonds is 9. The van der Waals surface area contributed by atoms with Gasteiger partial charge in [-0.1, -0.05) is 164 Å². The zero-order valence-corrected chi connectivity index (χ0v) is 82.4. The Balaban J connectivity index is 0.000000432. The van der Waals surface area contributed by atoms with Gasteiger partial charge in [0.1, 0.15) is 47.7 Å². The van der Waals surface area contributed by atoms with Gasteiger partial charge in [-0.15, -0.1) is 0 Å². The van der Waals surface area contributed by atoms with Crippen LogP contribution in [0.4, 0.5) is 0 Å². The van der Waals surface area contributed by atoms with Crippen molar-refractivity contribution in [2.75, 3.05) is 0 Å². The molecule has 0 saturated heterocycles. The molecule has 15 heteroatoms. The third-order valence-corrected chi connectivity index (χ3v) is 27.0. The maximum Gasteiger partial charge on any atom is 0.102 e. The Morgan fingerprint density at radius 2 is 0.180 bits per heavy atom. The van der Waals surface area contributed by atoms with Crippen molar-refractivity contribution >= 4 is 241 Å². The molecular weight excluding hydrogens is 2170 g/mol. The van der Waals surface area contributed by atoms with Crippen LogP contribution in [0.5, 0.6) is 0 Å². The van der Waals surface area contributed by atoms with Gasteiger partial charge in [-0.3, -0.25) is 0 Å². The summed E-state index contributed by atoms with van der Waals surface area (Å²) in [6.07, 6.45) is 0. The Bertz CT molecular complexity index is 3810. The van der Waals surface area contributed by atoms with Gasteiger partial charge in [0.2, 0.25) is 0 Å². The van der Waals surface area contributed by atoms with Crippen molar-refractivity contribution in [3.8, 4) is 0 Å². The molecule has 16 aromatic carbocycles. The summed E-state index contributed by atoms with van der Waals surface area (Å²) in [5.74, 6) is 0. The van der Waals surface area contributed by atoms with E-state index in [0.717, 1.165) is 0 Å². The van der Waals surface area contributed by atoms with E-state index in [2.05, 4.69) is 385 Å². The van der Waals surface area contributed by atoms with E-state index in [-0.39, 0.29) is 94.1 Å². The fourth-order valence-corrected chi connectivity index (χ4v) is 19.9. The van der Waals surface area contributed by atoms with Crippen molar-refractivity contribution in [1.82, 2.24) is 0 Å². The quantitative estimate of drug-likeness (QED) is 0.0998. The SMILES string of the molecule is [Cu+2].[Cu+2].[Cu+].[Cu+].[In+].[Se-]c1ccccc1.[Se-]c1ccccc1.[Se-]c1ccccc1.[Se-]c1ccccc1.[Se-]c1ccccc1.[Se-]c1ccccc1.[Se-]c1ccccc1.c1ccc([PH+](c2ccccc2)c2ccccc2)cc1.c1ccc([PH+](c2ccccc2)c2ccccc2)cc1.c1ccc([PH+](c2ccccc2)c2ccccc2)cc1. The van der Waals surface area contributed by atoms with E-state index in [1.165, 1.54) is 79.0 Å². The van der Waals surface area contributed by atoms with Crippen LogP contribution in [0, 0.1) is 0 Å². The second-order valence-corrected chi connectivity index (χ2v) is 37.0. The summed E-state index contributed by atoms with van der Waals surface area (Å²) in [6, 6.07) is 168. The van der Waals surface area contributed by atoms with Crippen molar-refractivity contribution in [3.05, 3.63) is 485 Å². The molecule has 0 nitrogen and oxygen atoms in total. The van der Waals surface area contributed by atoms with Gasteiger partial charge in [0.05, 0.1) is 23.8 Å². The Labute approximate surface area is 784 Å². The molecule has 0 N–H and O–H groups in total. The van der Waals surface area contributed by atoms with Crippen LogP contribution in [0.3, 0.4) is 0 Å². The summed E-state index contributed by atoms with van der Waals surface area (Å²) < 4.78 is 8.38. The molecular formula is C96H83Cu4InP3Se7+3. The van der Waals surface area contributed by atoms with E-state index in [0.29, 0.717) is 0 Å². The van der Waals surface area contributed by atoms with Crippen molar-refractivity contribution in [2.45, 2.75) is 0 Å². The fraction of sp³-hybridized carbons (Fsp3) is 0. The average molecular weight is 2250 g/mol. The van der Waals surface area contributed by atoms with Crippen LogP contribution in [-0.2, 0) is 68.3 Å². The van der Waals surface area contributed by atoms with E-state index in [9.17, 15) is 0 Å². The third-order valence-electron chi connectivity index (χ3n) is 14.8. The molecule has 0 aromatic heterocycles. The van der Waals surface area contributed by atoms with Crippen LogP contribution in [-0.4, -0.2) is 138 Å². The van der Waals surface area contributed by atoms with Crippen molar-refractivity contribution in [1.29, 1.82) is 0 Å². The molecule has 0 saturated carbocycles. The van der Waals surface area contributed by atoms with Crippen molar-refractivity contribution < 1.29 is 68.3 Å². The Morgan fingerprint density at radius 1 is 0.117 bits per heavy atom. The summed E-state index contributed by atoms with van der Waals surface area (Å²) in [7, 11) is -2.63. The molecule has 0 unspecified atom stereocenters. The molecule has 0 bridgehead atoms. The van der Waals surface area contributed by atoms with Gasteiger partial charge in [0, 0.05) is 0 Å². The zero-order valence-electron chi connectivity index (χ0n) is 60.3. The van der Waals surface area contributed by atoms with Gasteiger partial charge in [-0.25, -0.2) is 0 Å². The molecule has 0 aliphatic heterocycles. The molecule has 0 fully saturated rings. The van der Waals surface area contributed by atoms with Gasteiger partial charge in [0.15, 0.2) is 0 Å². The maximum atomic E-state index is 2.90. The molecule has 568 valence electrons.